The van der Waals surface area contributed by atoms with Crippen molar-refractivity contribution in [1.29, 1.82) is 0 Å². The van der Waals surface area contributed by atoms with Gasteiger partial charge in [-0.15, -0.1) is 11.3 Å². The van der Waals surface area contributed by atoms with Gasteiger partial charge < -0.3 is 9.30 Å². The Morgan fingerprint density at radius 3 is 2.18 bits per heavy atom. The zero-order valence-corrected chi connectivity index (χ0v) is 30.9. The topological polar surface area (TPSA) is 39.9 Å². The minimum atomic E-state index is -0.0375. The summed E-state index contributed by atoms with van der Waals surface area (Å²) in [4.78, 5) is 10.3. The number of ether oxygens (including phenoxy) is 1. The summed E-state index contributed by atoms with van der Waals surface area (Å²) in [6.45, 7) is 0. The normalized spacial score (nSPS) is 14.9. The van der Waals surface area contributed by atoms with Crippen LogP contribution in [-0.2, 0) is 0 Å². The highest BCUT2D eigenvalue weighted by Crippen LogP contribution is 2.49. The molecule has 0 bridgehead atoms. The second-order valence-electron chi connectivity index (χ2n) is 14.5. The molecular weight excluding hydrogens is 703 g/mol. The first-order valence-corrected chi connectivity index (χ1v) is 19.8. The number of hydrogen-bond donors (Lipinski definition) is 0. The fourth-order valence-electron chi connectivity index (χ4n) is 8.70. The molecule has 1 atom stereocenters. The lowest BCUT2D eigenvalue weighted by Crippen LogP contribution is -2.04. The first kappa shape index (κ1) is 31.3. The largest absolute Gasteiger partial charge is 0.458 e. The van der Waals surface area contributed by atoms with Crippen molar-refractivity contribution < 1.29 is 4.74 Å². The number of hydrogen-bond acceptors (Lipinski definition) is 4. The summed E-state index contributed by atoms with van der Waals surface area (Å²) in [7, 11) is 0. The average molecular weight is 734 g/mol. The molecule has 1 unspecified atom stereocenters. The van der Waals surface area contributed by atoms with Crippen LogP contribution in [-0.4, -0.2) is 14.5 Å². The minimum Gasteiger partial charge on any atom is -0.458 e. The zero-order chi connectivity index (χ0) is 36.7. The van der Waals surface area contributed by atoms with E-state index in [0.29, 0.717) is 5.82 Å². The Kier molecular flexibility index (Phi) is 6.83. The average Bonchev–Trinajstić information content (AvgIpc) is 3.88. The van der Waals surface area contributed by atoms with E-state index in [9.17, 15) is 0 Å². The van der Waals surface area contributed by atoms with Gasteiger partial charge in [0.2, 0.25) is 0 Å². The van der Waals surface area contributed by atoms with Gasteiger partial charge in [0, 0.05) is 53.0 Å². The maximum absolute atomic E-state index is 6.98. The Labute approximate surface area is 326 Å². The van der Waals surface area contributed by atoms with E-state index in [4.69, 9.17) is 14.7 Å². The van der Waals surface area contributed by atoms with Crippen molar-refractivity contribution in [3.05, 3.63) is 193 Å². The van der Waals surface area contributed by atoms with Crippen molar-refractivity contribution in [2.45, 2.75) is 5.92 Å². The van der Waals surface area contributed by atoms with Gasteiger partial charge in [0.15, 0.2) is 5.82 Å². The van der Waals surface area contributed by atoms with Crippen LogP contribution in [0.3, 0.4) is 0 Å². The van der Waals surface area contributed by atoms with Gasteiger partial charge >= 0.3 is 0 Å². The van der Waals surface area contributed by atoms with Crippen molar-refractivity contribution in [2.24, 2.45) is 0 Å². The number of fused-ring (bicyclic) bond motifs is 11. The molecule has 0 N–H and O–H groups in total. The van der Waals surface area contributed by atoms with Gasteiger partial charge in [-0.25, -0.2) is 9.97 Å². The molecule has 4 nitrogen and oxygen atoms in total. The standard InChI is InChI=1S/C51H31N3OS/c1-2-12-31(13-3-1)32-22-24-33(25-23-32)48-39-16-4-8-18-41(39)52-51(53-48)34-26-27-35-37-15-5-10-20-44(49(37)55-45(35)30-34)54-42-19-9-6-17-40(42)47-43(54)29-28-38-36-14-7-11-21-46(36)56-50(38)47/h1-30,37H. The second-order valence-corrected chi connectivity index (χ2v) is 15.5. The third-order valence-electron chi connectivity index (χ3n) is 11.3. The summed E-state index contributed by atoms with van der Waals surface area (Å²) in [5.41, 5.74) is 10.6. The Hall–Kier alpha value is -7.08. The Bertz CT molecular complexity index is 3330. The molecule has 3 aromatic heterocycles. The van der Waals surface area contributed by atoms with Gasteiger partial charge in [-0.1, -0.05) is 146 Å². The monoisotopic (exact) mass is 733 g/mol. The molecule has 1 aliphatic heterocycles. The van der Waals surface area contributed by atoms with E-state index in [1.54, 1.807) is 0 Å². The summed E-state index contributed by atoms with van der Waals surface area (Å²) < 4.78 is 12.0. The summed E-state index contributed by atoms with van der Waals surface area (Å²) in [6.07, 6.45) is 8.71. The van der Waals surface area contributed by atoms with Gasteiger partial charge in [0.05, 0.1) is 33.9 Å². The summed E-state index contributed by atoms with van der Waals surface area (Å²) in [5.74, 6) is 2.38. The highest BCUT2D eigenvalue weighted by molar-refractivity contribution is 7.26. The highest BCUT2D eigenvalue weighted by Gasteiger charge is 2.33. The molecule has 262 valence electrons. The molecule has 10 aromatic rings. The zero-order valence-electron chi connectivity index (χ0n) is 30.1. The van der Waals surface area contributed by atoms with Crippen LogP contribution in [0.5, 0.6) is 5.75 Å². The molecule has 0 saturated heterocycles. The van der Waals surface area contributed by atoms with Gasteiger partial charge in [-0.05, 0) is 47.5 Å². The van der Waals surface area contributed by atoms with E-state index in [0.717, 1.165) is 56.0 Å². The van der Waals surface area contributed by atoms with Crippen LogP contribution in [0.2, 0.25) is 0 Å². The van der Waals surface area contributed by atoms with E-state index in [2.05, 4.69) is 174 Å². The summed E-state index contributed by atoms with van der Waals surface area (Å²) in [6, 6.07) is 55.9. The van der Waals surface area contributed by atoms with E-state index < -0.39 is 0 Å². The molecule has 0 radical (unpaired) electrons. The van der Waals surface area contributed by atoms with Crippen LogP contribution >= 0.6 is 11.3 Å². The molecule has 56 heavy (non-hydrogen) atoms. The summed E-state index contributed by atoms with van der Waals surface area (Å²) >= 11 is 1.88. The van der Waals surface area contributed by atoms with Crippen molar-refractivity contribution in [3.8, 4) is 39.5 Å². The molecule has 4 heterocycles. The third-order valence-corrected chi connectivity index (χ3v) is 12.5. The maximum atomic E-state index is 6.98. The number of thiophene rings is 1. The van der Waals surface area contributed by atoms with Gasteiger partial charge in [0.1, 0.15) is 11.5 Å². The van der Waals surface area contributed by atoms with E-state index in [1.165, 1.54) is 47.6 Å². The first-order chi connectivity index (χ1) is 27.8. The van der Waals surface area contributed by atoms with Crippen molar-refractivity contribution >= 4 is 69.9 Å². The first-order valence-electron chi connectivity index (χ1n) is 18.9. The lowest BCUT2D eigenvalue weighted by atomic mass is 9.96. The quantitative estimate of drug-likeness (QED) is 0.181. The van der Waals surface area contributed by atoms with Crippen LogP contribution in [0, 0.1) is 0 Å². The van der Waals surface area contributed by atoms with Crippen molar-refractivity contribution in [3.63, 3.8) is 0 Å². The Balaban J connectivity index is 0.989. The van der Waals surface area contributed by atoms with Crippen LogP contribution in [0.15, 0.2) is 188 Å². The van der Waals surface area contributed by atoms with Crippen LogP contribution in [0.1, 0.15) is 11.5 Å². The molecule has 0 fully saturated rings. The molecular formula is C51H31N3OS. The molecule has 2 aliphatic rings. The van der Waals surface area contributed by atoms with Gasteiger partial charge in [-0.2, -0.15) is 0 Å². The van der Waals surface area contributed by atoms with Crippen LogP contribution in [0.4, 0.5) is 0 Å². The van der Waals surface area contributed by atoms with Crippen molar-refractivity contribution in [1.82, 2.24) is 14.5 Å². The smallest absolute Gasteiger partial charge is 0.160 e. The highest BCUT2D eigenvalue weighted by atomic mass is 32.1. The Morgan fingerprint density at radius 1 is 0.554 bits per heavy atom. The molecule has 12 rings (SSSR count). The number of allylic oxidation sites excluding steroid dienone is 5. The molecule has 0 amide bonds. The molecule has 0 saturated carbocycles. The molecule has 0 spiro atoms. The molecule has 1 aliphatic carbocycles. The van der Waals surface area contributed by atoms with Gasteiger partial charge in [-0.3, -0.25) is 0 Å². The molecule has 7 aromatic carbocycles. The fraction of sp³-hybridized carbons (Fsp3) is 0.0196. The van der Waals surface area contributed by atoms with E-state index in [1.807, 2.05) is 23.5 Å². The Morgan fingerprint density at radius 2 is 1.29 bits per heavy atom. The predicted octanol–water partition coefficient (Wildman–Crippen LogP) is 13.6. The number of aromatic nitrogens is 3. The second kappa shape index (κ2) is 12.2. The lowest BCUT2D eigenvalue weighted by Gasteiger charge is -2.14. The fourth-order valence-corrected chi connectivity index (χ4v) is 9.96. The van der Waals surface area contributed by atoms with Gasteiger partial charge in [0.25, 0.3) is 0 Å². The van der Waals surface area contributed by atoms with E-state index >= 15 is 0 Å². The molecule has 5 heteroatoms. The number of rotatable bonds is 4. The minimum absolute atomic E-state index is 0.0375. The maximum Gasteiger partial charge on any atom is 0.160 e. The van der Waals surface area contributed by atoms with Crippen LogP contribution in [0.25, 0.3) is 92.4 Å². The third kappa shape index (κ3) is 4.71. The predicted molar refractivity (Wildman–Crippen MR) is 233 cm³/mol. The summed E-state index contributed by atoms with van der Waals surface area (Å²) in [5, 5.41) is 6.16. The number of nitrogens with zero attached hydrogens (tertiary/aromatic N) is 3. The van der Waals surface area contributed by atoms with E-state index in [-0.39, 0.29) is 5.92 Å². The SMILES string of the molecule is C1=CC(n2c3ccccc3c3c4sc5ccccc5c4ccc32)=C2Oc3cc(-c4nc(-c5ccc(-c6ccccc6)cc5)c5ccccc5n4)ccc3C2C=C1. The number of para-hydroxylation sites is 2. The van der Waals surface area contributed by atoms with Crippen LogP contribution < -0.4 is 4.74 Å². The number of benzene rings is 7. The lowest BCUT2D eigenvalue weighted by molar-refractivity contribution is 0.439. The van der Waals surface area contributed by atoms with Crippen molar-refractivity contribution in [2.75, 3.05) is 0 Å².